The number of nitrogens with zero attached hydrogens (tertiary/aromatic N) is 1. The first kappa shape index (κ1) is 23.6. The number of ether oxygens (including phenoxy) is 1. The van der Waals surface area contributed by atoms with Crippen molar-refractivity contribution in [3.63, 3.8) is 0 Å². The molecule has 1 fully saturated rings. The van der Waals surface area contributed by atoms with Crippen LogP contribution < -0.4 is 10.6 Å². The molecule has 0 spiro atoms. The Morgan fingerprint density at radius 1 is 1.24 bits per heavy atom. The van der Waals surface area contributed by atoms with Crippen molar-refractivity contribution in [2.45, 2.75) is 38.0 Å². The second-order valence-corrected chi connectivity index (χ2v) is 9.23. The van der Waals surface area contributed by atoms with Crippen LogP contribution in [0, 0.1) is 0 Å². The van der Waals surface area contributed by atoms with Gasteiger partial charge in [0, 0.05) is 17.4 Å². The average molecular weight is 480 g/mol. The van der Waals surface area contributed by atoms with Crippen molar-refractivity contribution in [2.75, 3.05) is 6.61 Å². The van der Waals surface area contributed by atoms with Crippen molar-refractivity contribution in [1.29, 1.82) is 0 Å². The maximum atomic E-state index is 13.3. The number of carbonyl (C=O) groups excluding carboxylic acids is 3. The minimum absolute atomic E-state index is 0.0509. The van der Waals surface area contributed by atoms with Crippen LogP contribution in [-0.2, 0) is 20.7 Å². The number of phenols is 1. The number of Topliss-reactive ketones (excluding diaryl/α,β-unsaturated/α-hetero) is 1. The van der Waals surface area contributed by atoms with E-state index in [0.717, 1.165) is 5.56 Å². The first-order chi connectivity index (χ1) is 16.3. The zero-order valence-corrected chi connectivity index (χ0v) is 19.6. The third kappa shape index (κ3) is 5.00. The van der Waals surface area contributed by atoms with Gasteiger partial charge in [-0.15, -0.1) is 11.3 Å². The summed E-state index contributed by atoms with van der Waals surface area (Å²) in [6, 6.07) is 14.9. The third-order valence-corrected chi connectivity index (χ3v) is 6.86. The van der Waals surface area contributed by atoms with E-state index in [1.807, 2.05) is 30.3 Å². The van der Waals surface area contributed by atoms with E-state index in [1.54, 1.807) is 31.4 Å². The van der Waals surface area contributed by atoms with Gasteiger partial charge in [0.05, 0.1) is 6.10 Å². The van der Waals surface area contributed by atoms with Gasteiger partial charge in [-0.1, -0.05) is 42.5 Å². The summed E-state index contributed by atoms with van der Waals surface area (Å²) < 4.78 is 5.40. The fourth-order valence-electron chi connectivity index (χ4n) is 3.71. The Kier molecular flexibility index (Phi) is 6.76. The van der Waals surface area contributed by atoms with Gasteiger partial charge in [-0.3, -0.25) is 14.4 Å². The number of thiazole rings is 1. The predicted molar refractivity (Wildman–Crippen MR) is 128 cm³/mol. The molecule has 0 bridgehead atoms. The molecule has 3 N–H and O–H groups in total. The highest BCUT2D eigenvalue weighted by molar-refractivity contribution is 7.13. The smallest absolute Gasteiger partial charge is 0.271 e. The van der Waals surface area contributed by atoms with Crippen molar-refractivity contribution in [3.8, 4) is 16.3 Å². The summed E-state index contributed by atoms with van der Waals surface area (Å²) in [5.74, 6) is -1.22. The Morgan fingerprint density at radius 2 is 2.00 bits per heavy atom. The molecule has 0 radical (unpaired) electrons. The Hall–Kier alpha value is -3.56. The standard InChI is InChI=1S/C25H25N3O5S/c1-15-25(2,21(30)13-33-15)28-23(32)19(12-16-7-6-10-18(29)11-16)26-22(31)20-14-34-24(27-20)17-8-4-3-5-9-17/h3-11,14-15,19,29H,12-13H2,1-2H3,(H,26,31)(H,28,32). The van der Waals surface area contributed by atoms with Gasteiger partial charge in [0.25, 0.3) is 5.91 Å². The normalized spacial score (nSPS) is 20.6. The Morgan fingerprint density at radius 3 is 2.68 bits per heavy atom. The lowest BCUT2D eigenvalue weighted by Gasteiger charge is -2.29. The molecule has 1 aromatic heterocycles. The molecule has 0 aliphatic carbocycles. The van der Waals surface area contributed by atoms with Crippen LogP contribution in [0.3, 0.4) is 0 Å². The molecule has 3 unspecified atom stereocenters. The van der Waals surface area contributed by atoms with Crippen molar-refractivity contribution in [1.82, 2.24) is 15.6 Å². The van der Waals surface area contributed by atoms with Crippen molar-refractivity contribution in [2.24, 2.45) is 0 Å². The van der Waals surface area contributed by atoms with Crippen molar-refractivity contribution in [3.05, 3.63) is 71.2 Å². The maximum absolute atomic E-state index is 13.3. The van der Waals surface area contributed by atoms with Crippen LogP contribution in [0.4, 0.5) is 0 Å². The molecule has 8 nitrogen and oxygen atoms in total. The number of ketones is 1. The second kappa shape index (κ2) is 9.74. The molecule has 1 aliphatic heterocycles. The van der Waals surface area contributed by atoms with Gasteiger partial charge in [-0.2, -0.15) is 0 Å². The van der Waals surface area contributed by atoms with E-state index >= 15 is 0 Å². The van der Waals surface area contributed by atoms with Gasteiger partial charge in [0.15, 0.2) is 5.78 Å². The lowest BCUT2D eigenvalue weighted by Crippen LogP contribution is -2.60. The monoisotopic (exact) mass is 479 g/mol. The van der Waals surface area contributed by atoms with Crippen LogP contribution in [0.25, 0.3) is 10.6 Å². The number of aromatic hydroxyl groups is 1. The molecular formula is C25H25N3O5S. The highest BCUT2D eigenvalue weighted by Crippen LogP contribution is 2.24. The molecule has 0 saturated carbocycles. The molecule has 2 heterocycles. The SMILES string of the molecule is CC1OCC(=O)C1(C)NC(=O)C(Cc1cccc(O)c1)NC(=O)c1csc(-c2ccccc2)n1. The Labute approximate surface area is 201 Å². The zero-order chi connectivity index (χ0) is 24.3. The largest absolute Gasteiger partial charge is 0.508 e. The van der Waals surface area contributed by atoms with Crippen molar-refractivity contribution < 1.29 is 24.2 Å². The number of phenolic OH excluding ortho intramolecular Hbond substituents is 1. The Bertz CT molecular complexity index is 1210. The lowest BCUT2D eigenvalue weighted by atomic mass is 9.92. The van der Waals surface area contributed by atoms with Gasteiger partial charge in [0.1, 0.15) is 34.6 Å². The maximum Gasteiger partial charge on any atom is 0.271 e. The number of aromatic nitrogens is 1. The van der Waals surface area contributed by atoms with Gasteiger partial charge >= 0.3 is 0 Å². The van der Waals surface area contributed by atoms with Gasteiger partial charge in [-0.05, 0) is 31.5 Å². The quantitative estimate of drug-likeness (QED) is 0.480. The average Bonchev–Trinajstić information content (AvgIpc) is 3.41. The van der Waals surface area contributed by atoms with Crippen LogP contribution in [-0.4, -0.2) is 52.0 Å². The molecule has 34 heavy (non-hydrogen) atoms. The number of hydrogen-bond acceptors (Lipinski definition) is 7. The minimum atomic E-state index is -1.19. The van der Waals surface area contributed by atoms with E-state index in [9.17, 15) is 19.5 Å². The number of hydrogen-bond donors (Lipinski definition) is 3. The number of amides is 2. The molecule has 1 saturated heterocycles. The van der Waals surface area contributed by atoms with Gasteiger partial charge in [-0.25, -0.2) is 4.98 Å². The molecule has 176 valence electrons. The van der Waals surface area contributed by atoms with E-state index in [1.165, 1.54) is 23.5 Å². The van der Waals surface area contributed by atoms with Gasteiger partial charge in [0.2, 0.25) is 5.91 Å². The third-order valence-electron chi connectivity index (χ3n) is 5.97. The summed E-state index contributed by atoms with van der Waals surface area (Å²) in [4.78, 5) is 43.1. The van der Waals surface area contributed by atoms with Crippen LogP contribution in [0.1, 0.15) is 29.9 Å². The fourth-order valence-corrected chi connectivity index (χ4v) is 4.52. The van der Waals surface area contributed by atoms with E-state index in [0.29, 0.717) is 10.6 Å². The summed E-state index contributed by atoms with van der Waals surface area (Å²) in [7, 11) is 0. The number of rotatable bonds is 7. The first-order valence-electron chi connectivity index (χ1n) is 10.8. The summed E-state index contributed by atoms with van der Waals surface area (Å²) in [5, 5.41) is 17.7. The summed E-state index contributed by atoms with van der Waals surface area (Å²) in [5.41, 5.74) is 0.538. The topological polar surface area (TPSA) is 118 Å². The predicted octanol–water partition coefficient (Wildman–Crippen LogP) is 2.72. The molecular weight excluding hydrogens is 454 g/mol. The number of benzene rings is 2. The minimum Gasteiger partial charge on any atom is -0.508 e. The molecule has 2 amide bonds. The van der Waals surface area contributed by atoms with Crippen LogP contribution in [0.15, 0.2) is 60.0 Å². The number of nitrogens with one attached hydrogen (secondary N) is 2. The van der Waals surface area contributed by atoms with Crippen molar-refractivity contribution >= 4 is 28.9 Å². The van der Waals surface area contributed by atoms with Gasteiger partial charge < -0.3 is 20.5 Å². The highest BCUT2D eigenvalue weighted by atomic mass is 32.1. The number of carbonyl (C=O) groups is 3. The van der Waals surface area contributed by atoms with Crippen LogP contribution in [0.2, 0.25) is 0 Å². The van der Waals surface area contributed by atoms with E-state index in [-0.39, 0.29) is 30.3 Å². The van der Waals surface area contributed by atoms with Crippen LogP contribution >= 0.6 is 11.3 Å². The highest BCUT2D eigenvalue weighted by Gasteiger charge is 2.47. The summed E-state index contributed by atoms with van der Waals surface area (Å²) in [6.07, 6.45) is -0.394. The lowest BCUT2D eigenvalue weighted by molar-refractivity contribution is -0.130. The van der Waals surface area contributed by atoms with E-state index < -0.39 is 29.5 Å². The Balaban J connectivity index is 1.55. The fraction of sp³-hybridized carbons (Fsp3) is 0.280. The zero-order valence-electron chi connectivity index (χ0n) is 18.8. The summed E-state index contributed by atoms with van der Waals surface area (Å²) >= 11 is 1.33. The van der Waals surface area contributed by atoms with E-state index in [2.05, 4.69) is 15.6 Å². The van der Waals surface area contributed by atoms with E-state index in [4.69, 9.17) is 4.74 Å². The molecule has 2 aromatic carbocycles. The molecule has 9 heteroatoms. The second-order valence-electron chi connectivity index (χ2n) is 8.37. The molecule has 4 rings (SSSR count). The summed E-state index contributed by atoms with van der Waals surface area (Å²) in [6.45, 7) is 3.25. The first-order valence-corrected chi connectivity index (χ1v) is 11.7. The molecule has 1 aliphatic rings. The molecule has 3 aromatic rings. The molecule has 3 atom stereocenters. The van der Waals surface area contributed by atoms with Crippen LogP contribution in [0.5, 0.6) is 5.75 Å².